The van der Waals surface area contributed by atoms with Crippen LogP contribution in [0.4, 0.5) is 4.39 Å². The van der Waals surface area contributed by atoms with Crippen molar-refractivity contribution >= 4 is 11.6 Å². The van der Waals surface area contributed by atoms with Gasteiger partial charge in [-0.3, -0.25) is 0 Å². The Kier molecular flexibility index (Phi) is 4.15. The van der Waals surface area contributed by atoms with E-state index in [1.54, 1.807) is 18.3 Å². The van der Waals surface area contributed by atoms with Crippen LogP contribution < -0.4 is 0 Å². The van der Waals surface area contributed by atoms with Crippen LogP contribution in [0.1, 0.15) is 76.3 Å². The second kappa shape index (κ2) is 5.87. The molecule has 2 nitrogen and oxygen atoms in total. The molecule has 2 aromatic rings. The van der Waals surface area contributed by atoms with Gasteiger partial charge in [-0.05, 0) is 65.0 Å². The molecule has 0 radical (unpaired) electrons. The first-order valence-electron chi connectivity index (χ1n) is 8.71. The lowest BCUT2D eigenvalue weighted by atomic mass is 9.62. The summed E-state index contributed by atoms with van der Waals surface area (Å²) in [5.41, 5.74) is 4.12. The molecule has 0 spiro atoms. The number of aromatic nitrogens is 1. The molecule has 1 aliphatic rings. The van der Waals surface area contributed by atoms with Gasteiger partial charge < -0.3 is 4.52 Å². The molecule has 0 saturated carbocycles. The predicted molar refractivity (Wildman–Crippen MR) is 96.4 cm³/mol. The van der Waals surface area contributed by atoms with Crippen LogP contribution in [0, 0.1) is 5.82 Å². The SMILES string of the molecule is CCC(=Cc1ccno1)c1cc2c(cc1F)C(C)(C)CCC2(C)C. The summed E-state index contributed by atoms with van der Waals surface area (Å²) in [5.74, 6) is 0.510. The average molecular weight is 327 g/mol. The number of hydrogen-bond donors (Lipinski definition) is 0. The zero-order valence-corrected chi connectivity index (χ0v) is 15.2. The molecule has 0 unspecified atom stereocenters. The number of benzene rings is 1. The van der Waals surface area contributed by atoms with E-state index in [1.165, 1.54) is 5.56 Å². The first-order valence-corrected chi connectivity index (χ1v) is 8.71. The van der Waals surface area contributed by atoms with Crippen molar-refractivity contribution in [1.82, 2.24) is 5.16 Å². The van der Waals surface area contributed by atoms with Crippen LogP contribution in [0.5, 0.6) is 0 Å². The maximum absolute atomic E-state index is 15.0. The first kappa shape index (κ1) is 16.9. The number of allylic oxidation sites excluding steroid dienone is 1. The highest BCUT2D eigenvalue weighted by molar-refractivity contribution is 5.80. The second-order valence-electron chi connectivity index (χ2n) is 8.08. The molecule has 0 saturated heterocycles. The van der Waals surface area contributed by atoms with Gasteiger partial charge in [0.15, 0.2) is 5.76 Å². The third-order valence-corrected chi connectivity index (χ3v) is 5.44. The van der Waals surface area contributed by atoms with Crippen molar-refractivity contribution in [2.75, 3.05) is 0 Å². The minimum absolute atomic E-state index is 0.0191. The molecule has 1 heterocycles. The Balaban J connectivity index is 2.17. The van der Waals surface area contributed by atoms with Crippen LogP contribution in [-0.2, 0) is 10.8 Å². The molecule has 1 aliphatic carbocycles. The van der Waals surface area contributed by atoms with E-state index in [1.807, 2.05) is 13.0 Å². The van der Waals surface area contributed by atoms with Crippen molar-refractivity contribution < 1.29 is 8.91 Å². The van der Waals surface area contributed by atoms with Crippen LogP contribution in [0.3, 0.4) is 0 Å². The summed E-state index contributed by atoms with van der Waals surface area (Å²) >= 11 is 0. The Morgan fingerprint density at radius 3 is 2.33 bits per heavy atom. The fraction of sp³-hybridized carbons (Fsp3) is 0.476. The predicted octanol–water partition coefficient (Wildman–Crippen LogP) is 6.11. The molecular weight excluding hydrogens is 301 g/mol. The Morgan fingerprint density at radius 1 is 1.17 bits per heavy atom. The van der Waals surface area contributed by atoms with Crippen molar-refractivity contribution in [2.24, 2.45) is 0 Å². The van der Waals surface area contributed by atoms with E-state index in [9.17, 15) is 4.39 Å². The van der Waals surface area contributed by atoms with E-state index in [-0.39, 0.29) is 16.6 Å². The quantitative estimate of drug-likeness (QED) is 0.679. The Bertz CT molecular complexity index is 769. The summed E-state index contributed by atoms with van der Waals surface area (Å²) in [6, 6.07) is 5.62. The maximum Gasteiger partial charge on any atom is 0.159 e. The summed E-state index contributed by atoms with van der Waals surface area (Å²) in [4.78, 5) is 0. The molecule has 0 N–H and O–H groups in total. The van der Waals surface area contributed by atoms with Gasteiger partial charge in [0.2, 0.25) is 0 Å². The Hall–Kier alpha value is -1.90. The van der Waals surface area contributed by atoms with Crippen LogP contribution in [0.2, 0.25) is 0 Å². The lowest BCUT2D eigenvalue weighted by Gasteiger charge is -2.42. The van der Waals surface area contributed by atoms with Gasteiger partial charge in [-0.25, -0.2) is 4.39 Å². The smallest absolute Gasteiger partial charge is 0.159 e. The summed E-state index contributed by atoms with van der Waals surface area (Å²) in [6.07, 6.45) is 6.43. The molecular formula is C21H26FNO. The lowest BCUT2D eigenvalue weighted by Crippen LogP contribution is -2.34. The van der Waals surface area contributed by atoms with E-state index in [0.717, 1.165) is 30.4 Å². The van der Waals surface area contributed by atoms with Gasteiger partial charge in [0.1, 0.15) is 5.82 Å². The van der Waals surface area contributed by atoms with Gasteiger partial charge in [0.25, 0.3) is 0 Å². The van der Waals surface area contributed by atoms with E-state index in [4.69, 9.17) is 4.52 Å². The molecule has 3 heteroatoms. The highest BCUT2D eigenvalue weighted by Crippen LogP contribution is 2.47. The lowest BCUT2D eigenvalue weighted by molar-refractivity contribution is 0.330. The van der Waals surface area contributed by atoms with Gasteiger partial charge >= 0.3 is 0 Å². The van der Waals surface area contributed by atoms with Crippen molar-refractivity contribution in [3.63, 3.8) is 0 Å². The molecule has 0 atom stereocenters. The molecule has 0 aliphatic heterocycles. The second-order valence-corrected chi connectivity index (χ2v) is 8.08. The molecule has 1 aromatic heterocycles. The molecule has 24 heavy (non-hydrogen) atoms. The standard InChI is InChI=1S/C21H26FNO/c1-6-14(11-15-7-10-23-24-15)16-12-17-18(13-19(16)22)21(4,5)9-8-20(17,2)3/h7,10-13H,6,8-9H2,1-5H3. The zero-order chi connectivity index (χ0) is 17.5. The largest absolute Gasteiger partial charge is 0.357 e. The van der Waals surface area contributed by atoms with Crippen LogP contribution in [0.15, 0.2) is 28.9 Å². The van der Waals surface area contributed by atoms with Crippen LogP contribution in [0.25, 0.3) is 11.6 Å². The number of fused-ring (bicyclic) bond motifs is 1. The topological polar surface area (TPSA) is 26.0 Å². The highest BCUT2D eigenvalue weighted by atomic mass is 19.1. The van der Waals surface area contributed by atoms with Crippen molar-refractivity contribution in [3.8, 4) is 0 Å². The minimum Gasteiger partial charge on any atom is -0.357 e. The third-order valence-electron chi connectivity index (χ3n) is 5.44. The van der Waals surface area contributed by atoms with Crippen LogP contribution in [-0.4, -0.2) is 5.16 Å². The molecule has 0 bridgehead atoms. The average Bonchev–Trinajstić information content (AvgIpc) is 3.03. The van der Waals surface area contributed by atoms with E-state index >= 15 is 0 Å². The molecule has 0 amide bonds. The number of halogens is 1. The molecule has 3 rings (SSSR count). The fourth-order valence-corrected chi connectivity index (χ4v) is 3.68. The highest BCUT2D eigenvalue weighted by Gasteiger charge is 2.37. The number of nitrogens with zero attached hydrogens (tertiary/aromatic N) is 1. The molecule has 128 valence electrons. The summed E-state index contributed by atoms with van der Waals surface area (Å²) in [7, 11) is 0. The van der Waals surface area contributed by atoms with Gasteiger partial charge in [0.05, 0.1) is 6.20 Å². The number of rotatable bonds is 3. The summed E-state index contributed by atoms with van der Waals surface area (Å²) in [6.45, 7) is 11.0. The van der Waals surface area contributed by atoms with Gasteiger partial charge in [-0.15, -0.1) is 0 Å². The van der Waals surface area contributed by atoms with Crippen molar-refractivity contribution in [2.45, 2.75) is 64.7 Å². The third kappa shape index (κ3) is 2.92. The van der Waals surface area contributed by atoms with Gasteiger partial charge in [-0.1, -0.05) is 39.8 Å². The molecule has 0 fully saturated rings. The Morgan fingerprint density at radius 2 is 1.79 bits per heavy atom. The van der Waals surface area contributed by atoms with Gasteiger partial charge in [0, 0.05) is 11.6 Å². The fourth-order valence-electron chi connectivity index (χ4n) is 3.68. The first-order chi connectivity index (χ1) is 11.2. The monoisotopic (exact) mass is 327 g/mol. The zero-order valence-electron chi connectivity index (χ0n) is 15.2. The Labute approximate surface area is 143 Å². The van der Waals surface area contributed by atoms with Crippen molar-refractivity contribution in [1.29, 1.82) is 0 Å². The van der Waals surface area contributed by atoms with E-state index in [2.05, 4.69) is 38.9 Å². The summed E-state index contributed by atoms with van der Waals surface area (Å²) in [5, 5.41) is 3.72. The van der Waals surface area contributed by atoms with E-state index < -0.39 is 0 Å². The normalized spacial score (nSPS) is 19.2. The van der Waals surface area contributed by atoms with E-state index in [0.29, 0.717) is 11.3 Å². The minimum atomic E-state index is -0.146. The summed E-state index contributed by atoms with van der Waals surface area (Å²) < 4.78 is 20.1. The van der Waals surface area contributed by atoms with Crippen molar-refractivity contribution in [3.05, 3.63) is 52.7 Å². The maximum atomic E-state index is 15.0. The number of hydrogen-bond acceptors (Lipinski definition) is 2. The molecule has 1 aromatic carbocycles. The van der Waals surface area contributed by atoms with Gasteiger partial charge in [-0.2, -0.15) is 0 Å². The van der Waals surface area contributed by atoms with Crippen LogP contribution >= 0.6 is 0 Å².